The molecule has 33 heavy (non-hydrogen) atoms. The fourth-order valence-corrected chi connectivity index (χ4v) is 4.05. The van der Waals surface area contributed by atoms with Crippen molar-refractivity contribution in [1.29, 1.82) is 5.26 Å². The molecule has 0 aromatic heterocycles. The molecule has 0 bridgehead atoms. The molecule has 168 valence electrons. The average molecular weight is 573 g/mol. The lowest BCUT2D eigenvalue weighted by Gasteiger charge is -2.15. The molecule has 1 amide bonds. The molecule has 3 rings (SSSR count). The SMILES string of the molecule is CCOc1cc(/C=C(/C#N)C(=O)Nc2cccc(C)c2)cc(I)c1OCc1ccccc1Cl. The third-order valence-electron chi connectivity index (χ3n) is 4.61. The van der Waals surface area contributed by atoms with Gasteiger partial charge in [-0.3, -0.25) is 4.79 Å². The number of ether oxygens (including phenoxy) is 2. The Balaban J connectivity index is 1.86. The van der Waals surface area contributed by atoms with E-state index in [1.807, 2.05) is 68.4 Å². The van der Waals surface area contributed by atoms with Gasteiger partial charge < -0.3 is 14.8 Å². The number of amides is 1. The fourth-order valence-electron chi connectivity index (χ4n) is 3.08. The van der Waals surface area contributed by atoms with E-state index in [1.54, 1.807) is 12.1 Å². The summed E-state index contributed by atoms with van der Waals surface area (Å²) in [6.07, 6.45) is 1.54. The second kappa shape index (κ2) is 11.7. The number of benzene rings is 3. The predicted molar refractivity (Wildman–Crippen MR) is 140 cm³/mol. The summed E-state index contributed by atoms with van der Waals surface area (Å²) >= 11 is 8.39. The first kappa shape index (κ1) is 24.6. The number of halogens is 2. The van der Waals surface area contributed by atoms with Crippen LogP contribution in [0, 0.1) is 21.8 Å². The van der Waals surface area contributed by atoms with E-state index in [-0.39, 0.29) is 12.2 Å². The molecule has 0 radical (unpaired) electrons. The van der Waals surface area contributed by atoms with Gasteiger partial charge in [-0.25, -0.2) is 0 Å². The average Bonchev–Trinajstić information content (AvgIpc) is 2.78. The summed E-state index contributed by atoms with van der Waals surface area (Å²) < 4.78 is 12.6. The van der Waals surface area contributed by atoms with Gasteiger partial charge in [0, 0.05) is 16.3 Å². The van der Waals surface area contributed by atoms with Crippen molar-refractivity contribution in [2.24, 2.45) is 0 Å². The van der Waals surface area contributed by atoms with Crippen LogP contribution in [-0.2, 0) is 11.4 Å². The van der Waals surface area contributed by atoms with Crippen LogP contribution in [0.15, 0.2) is 66.2 Å². The van der Waals surface area contributed by atoms with Gasteiger partial charge in [0.05, 0.1) is 10.2 Å². The number of hydrogen-bond donors (Lipinski definition) is 1. The van der Waals surface area contributed by atoms with Crippen molar-refractivity contribution in [1.82, 2.24) is 0 Å². The molecule has 0 fully saturated rings. The molecule has 0 aliphatic heterocycles. The van der Waals surface area contributed by atoms with Crippen LogP contribution in [0.1, 0.15) is 23.6 Å². The summed E-state index contributed by atoms with van der Waals surface area (Å²) in [5, 5.41) is 13.0. The van der Waals surface area contributed by atoms with E-state index in [1.165, 1.54) is 6.08 Å². The van der Waals surface area contributed by atoms with E-state index in [0.717, 1.165) is 14.7 Å². The number of rotatable bonds is 8. The summed E-state index contributed by atoms with van der Waals surface area (Å²) in [5.41, 5.74) is 3.15. The summed E-state index contributed by atoms with van der Waals surface area (Å²) in [6, 6.07) is 20.5. The van der Waals surface area contributed by atoms with Crippen molar-refractivity contribution in [2.75, 3.05) is 11.9 Å². The molecule has 0 unspecified atom stereocenters. The number of carbonyl (C=O) groups is 1. The highest BCUT2D eigenvalue weighted by atomic mass is 127. The number of anilines is 1. The van der Waals surface area contributed by atoms with E-state index in [0.29, 0.717) is 34.4 Å². The van der Waals surface area contributed by atoms with Crippen LogP contribution in [0.4, 0.5) is 5.69 Å². The minimum absolute atomic E-state index is 0.0144. The van der Waals surface area contributed by atoms with E-state index in [4.69, 9.17) is 21.1 Å². The maximum absolute atomic E-state index is 12.6. The Kier molecular flexibility index (Phi) is 8.75. The highest BCUT2D eigenvalue weighted by Crippen LogP contribution is 2.36. The lowest BCUT2D eigenvalue weighted by atomic mass is 10.1. The van der Waals surface area contributed by atoms with Crippen molar-refractivity contribution in [3.63, 3.8) is 0 Å². The molecule has 3 aromatic rings. The number of nitrogens with zero attached hydrogens (tertiary/aromatic N) is 1. The fraction of sp³-hybridized carbons (Fsp3) is 0.154. The van der Waals surface area contributed by atoms with Gasteiger partial charge in [-0.05, 0) is 84.0 Å². The van der Waals surface area contributed by atoms with E-state index >= 15 is 0 Å². The van der Waals surface area contributed by atoms with Crippen LogP contribution in [0.2, 0.25) is 5.02 Å². The third-order valence-corrected chi connectivity index (χ3v) is 5.78. The molecule has 0 heterocycles. The van der Waals surface area contributed by atoms with Gasteiger partial charge in [0.2, 0.25) is 0 Å². The zero-order chi connectivity index (χ0) is 23.8. The molecule has 0 saturated carbocycles. The molecular weight excluding hydrogens is 551 g/mol. The van der Waals surface area contributed by atoms with Crippen molar-refractivity contribution >= 4 is 51.9 Å². The van der Waals surface area contributed by atoms with Gasteiger partial charge >= 0.3 is 0 Å². The Morgan fingerprint density at radius 3 is 2.64 bits per heavy atom. The van der Waals surface area contributed by atoms with E-state index in [2.05, 4.69) is 27.9 Å². The molecule has 0 atom stereocenters. The third kappa shape index (κ3) is 6.73. The van der Waals surface area contributed by atoms with Crippen LogP contribution in [0.3, 0.4) is 0 Å². The normalized spacial score (nSPS) is 10.9. The van der Waals surface area contributed by atoms with Gasteiger partial charge in [-0.15, -0.1) is 0 Å². The van der Waals surface area contributed by atoms with Crippen LogP contribution in [0.5, 0.6) is 11.5 Å². The van der Waals surface area contributed by atoms with Gasteiger partial charge in [0.25, 0.3) is 5.91 Å². The minimum atomic E-state index is -0.477. The maximum atomic E-state index is 12.6. The van der Waals surface area contributed by atoms with Crippen molar-refractivity contribution in [3.05, 3.63) is 91.5 Å². The smallest absolute Gasteiger partial charge is 0.266 e. The largest absolute Gasteiger partial charge is 0.490 e. The topological polar surface area (TPSA) is 71.3 Å². The lowest BCUT2D eigenvalue weighted by Crippen LogP contribution is -2.13. The molecular formula is C26H22ClIN2O3. The summed E-state index contributed by atoms with van der Waals surface area (Å²) in [7, 11) is 0. The van der Waals surface area contributed by atoms with E-state index < -0.39 is 5.91 Å². The van der Waals surface area contributed by atoms with Gasteiger partial charge in [0.15, 0.2) is 11.5 Å². The van der Waals surface area contributed by atoms with Gasteiger partial charge in [0.1, 0.15) is 18.2 Å². The number of aryl methyl sites for hydroxylation is 1. The lowest BCUT2D eigenvalue weighted by molar-refractivity contribution is -0.112. The van der Waals surface area contributed by atoms with Crippen molar-refractivity contribution < 1.29 is 14.3 Å². The monoisotopic (exact) mass is 572 g/mol. The molecule has 3 aromatic carbocycles. The van der Waals surface area contributed by atoms with Crippen LogP contribution < -0.4 is 14.8 Å². The molecule has 0 saturated heterocycles. The van der Waals surface area contributed by atoms with Gasteiger partial charge in [-0.1, -0.05) is 41.9 Å². The minimum Gasteiger partial charge on any atom is -0.490 e. The number of nitrogens with one attached hydrogen (secondary N) is 1. The standard InChI is InChI=1S/C26H22ClIN2O3/c1-3-32-24-14-18(12-20(15-29)26(31)30-21-9-6-7-17(2)11-21)13-23(28)25(24)33-16-19-8-4-5-10-22(19)27/h4-14H,3,16H2,1-2H3,(H,30,31)/b20-12-. The highest BCUT2D eigenvalue weighted by molar-refractivity contribution is 14.1. The zero-order valence-electron chi connectivity index (χ0n) is 18.2. The second-order valence-corrected chi connectivity index (χ2v) is 8.71. The number of carbonyl (C=O) groups excluding carboxylic acids is 1. The van der Waals surface area contributed by atoms with Gasteiger partial charge in [-0.2, -0.15) is 5.26 Å². The zero-order valence-corrected chi connectivity index (χ0v) is 21.1. The Bertz CT molecular complexity index is 1230. The quantitative estimate of drug-likeness (QED) is 0.184. The highest BCUT2D eigenvalue weighted by Gasteiger charge is 2.15. The summed E-state index contributed by atoms with van der Waals surface area (Å²) in [5.74, 6) is 0.631. The molecule has 1 N–H and O–H groups in total. The molecule has 0 spiro atoms. The Labute approximate surface area is 212 Å². The first-order valence-corrected chi connectivity index (χ1v) is 11.7. The summed E-state index contributed by atoms with van der Waals surface area (Å²) in [6.45, 7) is 4.53. The van der Waals surface area contributed by atoms with Crippen LogP contribution >= 0.6 is 34.2 Å². The van der Waals surface area contributed by atoms with Crippen molar-refractivity contribution in [2.45, 2.75) is 20.5 Å². The molecule has 7 heteroatoms. The van der Waals surface area contributed by atoms with Crippen molar-refractivity contribution in [3.8, 4) is 17.6 Å². The Hall–Kier alpha value is -3.02. The van der Waals surface area contributed by atoms with Crippen LogP contribution in [0.25, 0.3) is 6.08 Å². The molecule has 0 aliphatic carbocycles. The maximum Gasteiger partial charge on any atom is 0.266 e. The summed E-state index contributed by atoms with van der Waals surface area (Å²) in [4.78, 5) is 12.6. The number of hydrogen-bond acceptors (Lipinski definition) is 4. The van der Waals surface area contributed by atoms with Crippen LogP contribution in [-0.4, -0.2) is 12.5 Å². The predicted octanol–water partition coefficient (Wildman–Crippen LogP) is 6.78. The molecule has 0 aliphatic rings. The van der Waals surface area contributed by atoms with E-state index in [9.17, 15) is 10.1 Å². The Morgan fingerprint density at radius 1 is 1.15 bits per heavy atom. The first-order valence-electron chi connectivity index (χ1n) is 10.2. The number of nitriles is 1. The second-order valence-electron chi connectivity index (χ2n) is 7.14. The first-order chi connectivity index (χ1) is 15.9. The molecule has 5 nitrogen and oxygen atoms in total. The Morgan fingerprint density at radius 2 is 1.94 bits per heavy atom.